The lowest BCUT2D eigenvalue weighted by Crippen LogP contribution is -2.22. The number of hydrogen-bond acceptors (Lipinski definition) is 3. The largest absolute Gasteiger partial charge is 0.301 e. The number of pyridine rings is 1. The minimum Gasteiger partial charge on any atom is -0.301 e. The van der Waals surface area contributed by atoms with Gasteiger partial charge in [-0.25, -0.2) is 0 Å². The van der Waals surface area contributed by atoms with Crippen LogP contribution < -0.4 is 5.48 Å². The first kappa shape index (κ1) is 7.71. The molecule has 0 spiro atoms. The molecule has 2 heterocycles. The first-order valence-electron chi connectivity index (χ1n) is 4.21. The maximum atomic E-state index is 5.06. The van der Waals surface area contributed by atoms with Gasteiger partial charge in [-0.2, -0.15) is 5.48 Å². The molecule has 0 radical (unpaired) electrons. The summed E-state index contributed by atoms with van der Waals surface area (Å²) in [5, 5.41) is 0. The summed E-state index contributed by atoms with van der Waals surface area (Å²) in [5.74, 6) is 0. The third kappa shape index (κ3) is 1.81. The fourth-order valence-electron chi connectivity index (χ4n) is 1.38. The van der Waals surface area contributed by atoms with Crippen molar-refractivity contribution in [1.29, 1.82) is 0 Å². The molecule has 1 fully saturated rings. The molecule has 1 aromatic heterocycles. The normalized spacial score (nSPS) is 22.8. The fourth-order valence-corrected chi connectivity index (χ4v) is 1.38. The van der Waals surface area contributed by atoms with Crippen molar-refractivity contribution in [3.05, 3.63) is 30.1 Å². The van der Waals surface area contributed by atoms with Crippen molar-refractivity contribution in [3.8, 4) is 0 Å². The van der Waals surface area contributed by atoms with Crippen LogP contribution in [0.2, 0.25) is 0 Å². The first-order chi connectivity index (χ1) is 5.95. The molecular weight excluding hydrogens is 152 g/mol. The molecule has 0 aromatic carbocycles. The molecule has 1 N–H and O–H groups in total. The van der Waals surface area contributed by atoms with E-state index < -0.39 is 0 Å². The number of hydrogen-bond donors (Lipinski definition) is 1. The molecule has 1 aliphatic heterocycles. The van der Waals surface area contributed by atoms with Crippen LogP contribution in [0.3, 0.4) is 0 Å². The van der Waals surface area contributed by atoms with Crippen LogP contribution in [0.5, 0.6) is 0 Å². The molecule has 0 aliphatic carbocycles. The van der Waals surface area contributed by atoms with Crippen molar-refractivity contribution >= 4 is 0 Å². The van der Waals surface area contributed by atoms with E-state index in [1.165, 1.54) is 5.56 Å². The molecule has 3 nitrogen and oxygen atoms in total. The summed E-state index contributed by atoms with van der Waals surface area (Å²) >= 11 is 0. The van der Waals surface area contributed by atoms with Crippen LogP contribution in [0, 0.1) is 0 Å². The van der Waals surface area contributed by atoms with Gasteiger partial charge in [0.15, 0.2) is 0 Å². The predicted octanol–water partition coefficient (Wildman–Crippen LogP) is 0.918. The molecule has 64 valence electrons. The zero-order valence-corrected chi connectivity index (χ0v) is 6.86. The Morgan fingerprint density at radius 1 is 1.67 bits per heavy atom. The van der Waals surface area contributed by atoms with Crippen LogP contribution in [0.25, 0.3) is 0 Å². The van der Waals surface area contributed by atoms with E-state index in [9.17, 15) is 0 Å². The Labute approximate surface area is 71.7 Å². The minimum atomic E-state index is 0.467. The van der Waals surface area contributed by atoms with Crippen molar-refractivity contribution in [2.24, 2.45) is 0 Å². The summed E-state index contributed by atoms with van der Waals surface area (Å²) in [6.45, 7) is 0.824. The molecule has 3 heteroatoms. The second-order valence-electron chi connectivity index (χ2n) is 3.02. The molecule has 1 aliphatic rings. The number of nitrogens with zero attached hydrogens (tertiary/aromatic N) is 1. The number of nitrogens with one attached hydrogen (secondary N) is 1. The Bertz CT molecular complexity index is 232. The van der Waals surface area contributed by atoms with Crippen molar-refractivity contribution in [3.63, 3.8) is 0 Å². The molecule has 1 atom stereocenters. The lowest BCUT2D eigenvalue weighted by molar-refractivity contribution is 0.0882. The highest BCUT2D eigenvalue weighted by Crippen LogP contribution is 2.08. The Morgan fingerprint density at radius 3 is 3.33 bits per heavy atom. The topological polar surface area (TPSA) is 34.1 Å². The standard InChI is InChI=1S/C9H12N2O/c1-2-8(7-10-4-1)6-9-3-5-12-11-9/h1-2,4,7,9,11H,3,5-6H2/t9-/m1/s1. The van der Waals surface area contributed by atoms with E-state index >= 15 is 0 Å². The lowest BCUT2D eigenvalue weighted by Gasteiger charge is -2.06. The maximum Gasteiger partial charge on any atom is 0.0698 e. The van der Waals surface area contributed by atoms with Gasteiger partial charge in [-0.3, -0.25) is 4.98 Å². The van der Waals surface area contributed by atoms with Crippen LogP contribution in [0.15, 0.2) is 24.5 Å². The van der Waals surface area contributed by atoms with Crippen molar-refractivity contribution in [2.45, 2.75) is 18.9 Å². The highest BCUT2D eigenvalue weighted by atomic mass is 16.7. The van der Waals surface area contributed by atoms with E-state index in [1.807, 2.05) is 12.3 Å². The Morgan fingerprint density at radius 2 is 2.67 bits per heavy atom. The first-order valence-corrected chi connectivity index (χ1v) is 4.21. The van der Waals surface area contributed by atoms with Gasteiger partial charge in [0.1, 0.15) is 0 Å². The van der Waals surface area contributed by atoms with Gasteiger partial charge in [0.2, 0.25) is 0 Å². The van der Waals surface area contributed by atoms with E-state index in [-0.39, 0.29) is 0 Å². The highest BCUT2D eigenvalue weighted by molar-refractivity contribution is 5.10. The van der Waals surface area contributed by atoms with Crippen LogP contribution in [-0.2, 0) is 11.3 Å². The van der Waals surface area contributed by atoms with Gasteiger partial charge in [0.25, 0.3) is 0 Å². The molecule has 2 rings (SSSR count). The zero-order chi connectivity index (χ0) is 8.23. The molecule has 12 heavy (non-hydrogen) atoms. The SMILES string of the molecule is c1cncc(C[C@H]2CCON2)c1. The van der Waals surface area contributed by atoms with Gasteiger partial charge in [0, 0.05) is 18.4 Å². The van der Waals surface area contributed by atoms with Crippen LogP contribution in [0.4, 0.5) is 0 Å². The molecule has 0 saturated carbocycles. The molecule has 0 unspecified atom stereocenters. The summed E-state index contributed by atoms with van der Waals surface area (Å²) in [4.78, 5) is 9.12. The predicted molar refractivity (Wildman–Crippen MR) is 45.4 cm³/mol. The van der Waals surface area contributed by atoms with Gasteiger partial charge in [-0.1, -0.05) is 6.07 Å². The quantitative estimate of drug-likeness (QED) is 0.705. The minimum absolute atomic E-state index is 0.467. The Balaban J connectivity index is 1.94. The zero-order valence-electron chi connectivity index (χ0n) is 6.86. The second-order valence-corrected chi connectivity index (χ2v) is 3.02. The maximum absolute atomic E-state index is 5.06. The van der Waals surface area contributed by atoms with Gasteiger partial charge in [0.05, 0.1) is 6.61 Å². The van der Waals surface area contributed by atoms with Crippen molar-refractivity contribution in [1.82, 2.24) is 10.5 Å². The molecular formula is C9H12N2O. The van der Waals surface area contributed by atoms with E-state index in [4.69, 9.17) is 4.84 Å². The summed E-state index contributed by atoms with van der Waals surface area (Å²) in [6.07, 6.45) is 5.80. The van der Waals surface area contributed by atoms with E-state index in [0.29, 0.717) is 6.04 Å². The number of hydroxylamine groups is 1. The summed E-state index contributed by atoms with van der Waals surface area (Å²) in [5.41, 5.74) is 4.24. The van der Waals surface area contributed by atoms with Crippen LogP contribution in [0.1, 0.15) is 12.0 Å². The second kappa shape index (κ2) is 3.65. The van der Waals surface area contributed by atoms with E-state index in [2.05, 4.69) is 16.5 Å². The third-order valence-corrected chi connectivity index (χ3v) is 2.02. The molecule has 0 amide bonds. The average molecular weight is 164 g/mol. The van der Waals surface area contributed by atoms with Gasteiger partial charge >= 0.3 is 0 Å². The average Bonchev–Trinajstić information content (AvgIpc) is 2.59. The van der Waals surface area contributed by atoms with E-state index in [0.717, 1.165) is 19.4 Å². The molecule has 1 aromatic rings. The van der Waals surface area contributed by atoms with Crippen molar-refractivity contribution < 1.29 is 4.84 Å². The van der Waals surface area contributed by atoms with Gasteiger partial charge < -0.3 is 4.84 Å². The number of aromatic nitrogens is 1. The smallest absolute Gasteiger partial charge is 0.0698 e. The van der Waals surface area contributed by atoms with Gasteiger partial charge in [-0.15, -0.1) is 0 Å². The Hall–Kier alpha value is -0.930. The summed E-state index contributed by atoms with van der Waals surface area (Å²) in [7, 11) is 0. The summed E-state index contributed by atoms with van der Waals surface area (Å²) in [6, 6.07) is 4.52. The fraction of sp³-hybridized carbons (Fsp3) is 0.444. The lowest BCUT2D eigenvalue weighted by atomic mass is 10.1. The van der Waals surface area contributed by atoms with Gasteiger partial charge in [-0.05, 0) is 24.5 Å². The molecule has 0 bridgehead atoms. The van der Waals surface area contributed by atoms with Crippen LogP contribution >= 0.6 is 0 Å². The summed E-state index contributed by atoms with van der Waals surface area (Å²) < 4.78 is 0. The van der Waals surface area contributed by atoms with Crippen molar-refractivity contribution in [2.75, 3.05) is 6.61 Å². The molecule has 1 saturated heterocycles. The van der Waals surface area contributed by atoms with Crippen LogP contribution in [-0.4, -0.2) is 17.6 Å². The Kier molecular flexibility index (Phi) is 2.34. The monoisotopic (exact) mass is 164 g/mol. The number of rotatable bonds is 2. The highest BCUT2D eigenvalue weighted by Gasteiger charge is 2.14. The third-order valence-electron chi connectivity index (χ3n) is 2.02. The van der Waals surface area contributed by atoms with E-state index in [1.54, 1.807) is 6.20 Å².